The molecule has 4 nitrogen and oxygen atoms in total. The molecule has 4 aromatic rings. The van der Waals surface area contributed by atoms with Gasteiger partial charge in [-0.3, -0.25) is 0 Å². The number of methoxy groups -OCH3 is 2. The number of ether oxygens (including phenoxy) is 3. The van der Waals surface area contributed by atoms with Crippen molar-refractivity contribution < 1.29 is 19.3 Å². The largest absolute Gasteiger partial charge is 0.493 e. The Morgan fingerprint density at radius 2 is 1.36 bits per heavy atom. The molecular weight excluding hydrogens is 484 g/mol. The van der Waals surface area contributed by atoms with Gasteiger partial charge in [0.25, 0.3) is 0 Å². The molecule has 194 valence electrons. The number of fused-ring (bicyclic) bond motifs is 7. The summed E-state index contributed by atoms with van der Waals surface area (Å²) in [5, 5.41) is 12.2. The highest BCUT2D eigenvalue weighted by atomic mass is 16.5. The van der Waals surface area contributed by atoms with Crippen LogP contribution in [0.2, 0.25) is 0 Å². The molecule has 1 heterocycles. The van der Waals surface area contributed by atoms with Gasteiger partial charge in [0.2, 0.25) is 0 Å². The van der Waals surface area contributed by atoms with Crippen LogP contribution in [0.1, 0.15) is 46.4 Å². The van der Waals surface area contributed by atoms with E-state index in [1.807, 2.05) is 49.4 Å². The predicted octanol–water partition coefficient (Wildman–Crippen LogP) is 6.72. The highest BCUT2D eigenvalue weighted by molar-refractivity contribution is 5.96. The average Bonchev–Trinajstić information content (AvgIpc) is 3.24. The summed E-state index contributed by atoms with van der Waals surface area (Å²) in [6, 6.07) is 33.2. The maximum atomic E-state index is 12.2. The van der Waals surface area contributed by atoms with E-state index in [9.17, 15) is 5.11 Å². The van der Waals surface area contributed by atoms with Gasteiger partial charge < -0.3 is 19.3 Å². The van der Waals surface area contributed by atoms with Gasteiger partial charge in [-0.05, 0) is 63.6 Å². The number of hydrogen-bond donors (Lipinski definition) is 1. The van der Waals surface area contributed by atoms with E-state index in [1.54, 1.807) is 14.2 Å². The molecule has 4 heteroatoms. The summed E-state index contributed by atoms with van der Waals surface area (Å²) in [4.78, 5) is 0. The minimum atomic E-state index is -1.19. The summed E-state index contributed by atoms with van der Waals surface area (Å²) in [6.45, 7) is 2.36. The molecular formula is C35H30O4. The predicted molar refractivity (Wildman–Crippen MR) is 152 cm³/mol. The summed E-state index contributed by atoms with van der Waals surface area (Å²) in [6.07, 6.45) is 1.99. The molecule has 39 heavy (non-hydrogen) atoms. The Hall–Kier alpha value is -4.12. The fourth-order valence-electron chi connectivity index (χ4n) is 6.79. The van der Waals surface area contributed by atoms with E-state index in [-0.39, 0.29) is 6.10 Å². The molecule has 0 radical (unpaired) electrons. The summed E-state index contributed by atoms with van der Waals surface area (Å²) in [5.41, 5.74) is 7.43. The molecule has 2 unspecified atom stereocenters. The third-order valence-corrected chi connectivity index (χ3v) is 8.59. The molecule has 4 aromatic carbocycles. The lowest BCUT2D eigenvalue weighted by Gasteiger charge is -2.44. The Labute approximate surface area is 228 Å². The lowest BCUT2D eigenvalue weighted by Crippen LogP contribution is -2.39. The molecule has 7 rings (SSSR count). The van der Waals surface area contributed by atoms with Crippen molar-refractivity contribution >= 4 is 5.57 Å². The molecule has 0 saturated heterocycles. The van der Waals surface area contributed by atoms with E-state index in [0.717, 1.165) is 50.1 Å². The Morgan fingerprint density at radius 3 is 2.00 bits per heavy atom. The number of benzene rings is 4. The van der Waals surface area contributed by atoms with Gasteiger partial charge in [0.05, 0.1) is 26.2 Å². The van der Waals surface area contributed by atoms with Crippen molar-refractivity contribution in [1.82, 2.24) is 0 Å². The quantitative estimate of drug-likeness (QED) is 0.328. The van der Waals surface area contributed by atoms with E-state index in [4.69, 9.17) is 14.2 Å². The summed E-state index contributed by atoms with van der Waals surface area (Å²) in [7, 11) is 3.30. The molecule has 0 bridgehead atoms. The maximum absolute atomic E-state index is 12.2. The third kappa shape index (κ3) is 3.32. The first-order valence-corrected chi connectivity index (χ1v) is 13.3. The molecule has 0 aromatic heterocycles. The second-order valence-electron chi connectivity index (χ2n) is 10.7. The van der Waals surface area contributed by atoms with E-state index in [1.165, 1.54) is 0 Å². The van der Waals surface area contributed by atoms with Crippen LogP contribution >= 0.6 is 0 Å². The van der Waals surface area contributed by atoms with Crippen molar-refractivity contribution in [1.29, 1.82) is 0 Å². The molecule has 0 spiro atoms. The first kappa shape index (κ1) is 24.0. The van der Waals surface area contributed by atoms with Crippen LogP contribution in [0.25, 0.3) is 5.57 Å². The minimum absolute atomic E-state index is 0.361. The van der Waals surface area contributed by atoms with Crippen LogP contribution in [0.3, 0.4) is 0 Å². The summed E-state index contributed by atoms with van der Waals surface area (Å²) < 4.78 is 18.3. The standard InChI is InChI=1S/C35H30O4/c1-34(36)28-17-11-10-16-24(28)31-25-18-29(37-2)30(38-3)19-26(25)33-27(32(31)34)20-35(21-39-33,22-12-6-4-7-13-22)23-14-8-5-9-15-23/h4-20,33,36H,21H2,1-3H3. The first-order valence-electron chi connectivity index (χ1n) is 13.3. The molecule has 0 fully saturated rings. The maximum Gasteiger partial charge on any atom is 0.161 e. The van der Waals surface area contributed by atoms with Crippen molar-refractivity contribution in [3.8, 4) is 11.5 Å². The van der Waals surface area contributed by atoms with Crippen molar-refractivity contribution in [3.63, 3.8) is 0 Å². The van der Waals surface area contributed by atoms with Crippen LogP contribution in [0.5, 0.6) is 11.5 Å². The number of hydrogen-bond acceptors (Lipinski definition) is 4. The Balaban J connectivity index is 1.58. The molecule has 2 aliphatic carbocycles. The fourth-order valence-corrected chi connectivity index (χ4v) is 6.79. The van der Waals surface area contributed by atoms with Crippen molar-refractivity contribution in [2.45, 2.75) is 24.0 Å². The lowest BCUT2D eigenvalue weighted by molar-refractivity contribution is 0.0356. The number of aliphatic hydroxyl groups is 1. The van der Waals surface area contributed by atoms with Crippen LogP contribution in [-0.2, 0) is 15.8 Å². The topological polar surface area (TPSA) is 47.9 Å². The van der Waals surface area contributed by atoms with E-state index in [2.05, 4.69) is 60.7 Å². The van der Waals surface area contributed by atoms with Crippen LogP contribution in [-0.4, -0.2) is 25.9 Å². The highest BCUT2D eigenvalue weighted by Gasteiger charge is 2.51. The third-order valence-electron chi connectivity index (χ3n) is 8.59. The highest BCUT2D eigenvalue weighted by Crippen LogP contribution is 2.60. The van der Waals surface area contributed by atoms with Gasteiger partial charge in [-0.1, -0.05) is 91.0 Å². The number of rotatable bonds is 4. The minimum Gasteiger partial charge on any atom is -0.493 e. The SMILES string of the molecule is COc1cc2c(cc1OC)C1OCC(c3ccccc3)(c3ccccc3)C=C1C1=C2c2ccccc2C1(C)O. The zero-order chi connectivity index (χ0) is 26.8. The van der Waals surface area contributed by atoms with Crippen molar-refractivity contribution in [3.05, 3.63) is 148 Å². The van der Waals surface area contributed by atoms with Crippen LogP contribution in [0.15, 0.2) is 114 Å². The van der Waals surface area contributed by atoms with Gasteiger partial charge in [-0.2, -0.15) is 0 Å². The summed E-state index contributed by atoms with van der Waals surface area (Å²) >= 11 is 0. The van der Waals surface area contributed by atoms with Crippen LogP contribution in [0, 0.1) is 0 Å². The average molecular weight is 515 g/mol. The molecule has 1 aliphatic heterocycles. The van der Waals surface area contributed by atoms with Gasteiger partial charge in [0.15, 0.2) is 11.5 Å². The van der Waals surface area contributed by atoms with Gasteiger partial charge in [-0.25, -0.2) is 0 Å². The zero-order valence-corrected chi connectivity index (χ0v) is 22.3. The lowest BCUT2D eigenvalue weighted by atomic mass is 9.67. The fraction of sp³-hybridized carbons (Fsp3) is 0.200. The van der Waals surface area contributed by atoms with E-state index < -0.39 is 11.0 Å². The van der Waals surface area contributed by atoms with Crippen molar-refractivity contribution in [2.75, 3.05) is 20.8 Å². The van der Waals surface area contributed by atoms with Gasteiger partial charge in [-0.15, -0.1) is 0 Å². The zero-order valence-electron chi connectivity index (χ0n) is 22.3. The molecule has 0 saturated carbocycles. The Kier molecular flexibility index (Phi) is 5.35. The molecule has 1 N–H and O–H groups in total. The summed E-state index contributed by atoms with van der Waals surface area (Å²) in [5.74, 6) is 1.31. The normalized spacial score (nSPS) is 22.3. The Bertz CT molecular complexity index is 1610. The smallest absolute Gasteiger partial charge is 0.161 e. The first-order chi connectivity index (χ1) is 19.0. The molecule has 0 amide bonds. The van der Waals surface area contributed by atoms with Gasteiger partial charge in [0, 0.05) is 5.57 Å². The second kappa shape index (κ2) is 8.70. The van der Waals surface area contributed by atoms with E-state index >= 15 is 0 Å². The molecule has 2 atom stereocenters. The van der Waals surface area contributed by atoms with Crippen LogP contribution < -0.4 is 9.47 Å². The second-order valence-corrected chi connectivity index (χ2v) is 10.7. The van der Waals surface area contributed by atoms with Crippen molar-refractivity contribution in [2.24, 2.45) is 0 Å². The van der Waals surface area contributed by atoms with Gasteiger partial charge >= 0.3 is 0 Å². The van der Waals surface area contributed by atoms with Gasteiger partial charge in [0.1, 0.15) is 11.7 Å². The van der Waals surface area contributed by atoms with E-state index in [0.29, 0.717) is 18.1 Å². The van der Waals surface area contributed by atoms with Crippen LogP contribution in [0.4, 0.5) is 0 Å². The molecule has 3 aliphatic rings. The Morgan fingerprint density at radius 1 is 0.769 bits per heavy atom. The monoisotopic (exact) mass is 514 g/mol.